The van der Waals surface area contributed by atoms with Gasteiger partial charge in [0.1, 0.15) is 12.7 Å². The molecule has 27 heavy (non-hydrogen) atoms. The van der Waals surface area contributed by atoms with Crippen molar-refractivity contribution in [2.45, 2.75) is 25.5 Å². The molecule has 0 bridgehead atoms. The van der Waals surface area contributed by atoms with Crippen molar-refractivity contribution in [1.82, 2.24) is 9.80 Å². The van der Waals surface area contributed by atoms with Crippen LogP contribution in [0.1, 0.15) is 18.4 Å². The molecule has 2 aliphatic rings. The SMILES string of the molecule is O=C(CC[C@H]1COc2ccccc2O1)N1CCN(Cc2ccccc2)CC1. The van der Waals surface area contributed by atoms with Crippen molar-refractivity contribution in [3.8, 4) is 11.5 Å². The van der Waals surface area contributed by atoms with E-state index < -0.39 is 0 Å². The summed E-state index contributed by atoms with van der Waals surface area (Å²) in [5.41, 5.74) is 1.33. The zero-order chi connectivity index (χ0) is 18.5. The zero-order valence-corrected chi connectivity index (χ0v) is 15.5. The summed E-state index contributed by atoms with van der Waals surface area (Å²) in [6.07, 6.45) is 1.15. The topological polar surface area (TPSA) is 42.0 Å². The Bertz CT molecular complexity index is 757. The molecular formula is C22H26N2O3. The van der Waals surface area contributed by atoms with E-state index in [0.717, 1.165) is 44.2 Å². The average Bonchev–Trinajstić information content (AvgIpc) is 2.73. The zero-order valence-electron chi connectivity index (χ0n) is 15.5. The fraction of sp³-hybridized carbons (Fsp3) is 0.409. The highest BCUT2D eigenvalue weighted by atomic mass is 16.6. The second-order valence-electron chi connectivity index (χ2n) is 7.18. The van der Waals surface area contributed by atoms with Crippen molar-refractivity contribution in [3.05, 3.63) is 60.2 Å². The van der Waals surface area contributed by atoms with Crippen molar-refractivity contribution >= 4 is 5.91 Å². The Kier molecular flexibility index (Phi) is 5.58. The first-order valence-corrected chi connectivity index (χ1v) is 9.70. The molecule has 0 radical (unpaired) electrons. The summed E-state index contributed by atoms with van der Waals surface area (Å²) in [4.78, 5) is 17.0. The van der Waals surface area contributed by atoms with Crippen LogP contribution in [0.5, 0.6) is 11.5 Å². The second-order valence-corrected chi connectivity index (χ2v) is 7.18. The molecular weight excluding hydrogens is 340 g/mol. The minimum atomic E-state index is -0.0526. The van der Waals surface area contributed by atoms with E-state index in [1.54, 1.807) is 0 Å². The number of fused-ring (bicyclic) bond motifs is 1. The van der Waals surface area contributed by atoms with Gasteiger partial charge in [-0.05, 0) is 24.1 Å². The Morgan fingerprint density at radius 3 is 2.41 bits per heavy atom. The molecule has 5 heteroatoms. The predicted molar refractivity (Wildman–Crippen MR) is 104 cm³/mol. The number of para-hydroxylation sites is 2. The van der Waals surface area contributed by atoms with Crippen LogP contribution >= 0.6 is 0 Å². The molecule has 4 rings (SSSR count). The lowest BCUT2D eigenvalue weighted by atomic mass is 10.1. The van der Waals surface area contributed by atoms with Crippen molar-refractivity contribution in [2.24, 2.45) is 0 Å². The van der Waals surface area contributed by atoms with Crippen LogP contribution in [0.15, 0.2) is 54.6 Å². The van der Waals surface area contributed by atoms with Gasteiger partial charge in [0, 0.05) is 39.1 Å². The molecule has 2 aromatic carbocycles. The van der Waals surface area contributed by atoms with E-state index in [0.29, 0.717) is 19.4 Å². The van der Waals surface area contributed by atoms with E-state index in [2.05, 4.69) is 29.2 Å². The molecule has 0 spiro atoms. The predicted octanol–water partition coefficient (Wildman–Crippen LogP) is 2.95. The maximum Gasteiger partial charge on any atom is 0.222 e. The van der Waals surface area contributed by atoms with Crippen LogP contribution in [0.25, 0.3) is 0 Å². The number of carbonyl (C=O) groups excluding carboxylic acids is 1. The lowest BCUT2D eigenvalue weighted by Crippen LogP contribution is -2.48. The molecule has 1 amide bonds. The molecule has 0 N–H and O–H groups in total. The van der Waals surface area contributed by atoms with Crippen LogP contribution in [0.2, 0.25) is 0 Å². The fourth-order valence-corrected chi connectivity index (χ4v) is 3.64. The lowest BCUT2D eigenvalue weighted by molar-refractivity contribution is -0.133. The lowest BCUT2D eigenvalue weighted by Gasteiger charge is -2.35. The second kappa shape index (κ2) is 8.44. The first kappa shape index (κ1) is 17.9. The summed E-state index contributed by atoms with van der Waals surface area (Å²) in [7, 11) is 0. The van der Waals surface area contributed by atoms with Gasteiger partial charge < -0.3 is 14.4 Å². The summed E-state index contributed by atoms with van der Waals surface area (Å²) in [6, 6.07) is 18.2. The summed E-state index contributed by atoms with van der Waals surface area (Å²) in [5.74, 6) is 1.78. The average molecular weight is 366 g/mol. The summed E-state index contributed by atoms with van der Waals surface area (Å²) in [5, 5.41) is 0. The van der Waals surface area contributed by atoms with Gasteiger partial charge in [0.05, 0.1) is 0 Å². The van der Waals surface area contributed by atoms with E-state index in [4.69, 9.17) is 9.47 Å². The molecule has 0 saturated carbocycles. The first-order valence-electron chi connectivity index (χ1n) is 9.70. The molecule has 1 fully saturated rings. The van der Waals surface area contributed by atoms with Crippen molar-refractivity contribution in [2.75, 3.05) is 32.8 Å². The maximum atomic E-state index is 12.6. The van der Waals surface area contributed by atoms with Crippen molar-refractivity contribution < 1.29 is 14.3 Å². The van der Waals surface area contributed by atoms with Crippen molar-refractivity contribution in [3.63, 3.8) is 0 Å². The molecule has 1 atom stereocenters. The molecule has 142 valence electrons. The van der Waals surface area contributed by atoms with Crippen LogP contribution in [0.4, 0.5) is 0 Å². The molecule has 1 saturated heterocycles. The van der Waals surface area contributed by atoms with Gasteiger partial charge in [-0.3, -0.25) is 9.69 Å². The van der Waals surface area contributed by atoms with Gasteiger partial charge in [-0.25, -0.2) is 0 Å². The Labute approximate surface area is 160 Å². The highest BCUT2D eigenvalue weighted by Gasteiger charge is 2.24. The Hall–Kier alpha value is -2.53. The third-order valence-corrected chi connectivity index (χ3v) is 5.22. The summed E-state index contributed by atoms with van der Waals surface area (Å²) >= 11 is 0. The number of amides is 1. The molecule has 2 aliphatic heterocycles. The summed E-state index contributed by atoms with van der Waals surface area (Å²) < 4.78 is 11.7. The van der Waals surface area contributed by atoms with E-state index in [1.807, 2.05) is 35.2 Å². The molecule has 0 unspecified atom stereocenters. The van der Waals surface area contributed by atoms with Crippen LogP contribution in [0.3, 0.4) is 0 Å². The molecule has 0 aromatic heterocycles. The van der Waals surface area contributed by atoms with Gasteiger partial charge in [-0.2, -0.15) is 0 Å². The first-order chi connectivity index (χ1) is 13.3. The third kappa shape index (κ3) is 4.61. The molecule has 0 aliphatic carbocycles. The summed E-state index contributed by atoms with van der Waals surface area (Å²) in [6.45, 7) is 4.92. The standard InChI is InChI=1S/C22H26N2O3/c25-22(11-10-19-17-26-20-8-4-5-9-21(20)27-19)24-14-12-23(13-15-24)16-18-6-2-1-3-7-18/h1-9,19H,10-17H2/t19-/m0/s1. The van der Waals surface area contributed by atoms with Crippen LogP contribution in [0, 0.1) is 0 Å². The number of ether oxygens (including phenoxy) is 2. The molecule has 2 aromatic rings. The fourth-order valence-electron chi connectivity index (χ4n) is 3.64. The van der Waals surface area contributed by atoms with Gasteiger partial charge in [0.25, 0.3) is 0 Å². The molecule has 5 nitrogen and oxygen atoms in total. The van der Waals surface area contributed by atoms with Crippen molar-refractivity contribution in [1.29, 1.82) is 0 Å². The van der Waals surface area contributed by atoms with Crippen LogP contribution in [-0.4, -0.2) is 54.6 Å². The Balaban J connectivity index is 1.20. The van der Waals surface area contributed by atoms with Gasteiger partial charge >= 0.3 is 0 Å². The van der Waals surface area contributed by atoms with E-state index in [9.17, 15) is 4.79 Å². The number of hydrogen-bond donors (Lipinski definition) is 0. The number of nitrogens with zero attached hydrogens (tertiary/aromatic N) is 2. The quantitative estimate of drug-likeness (QED) is 0.816. The normalized spacial score (nSPS) is 19.7. The monoisotopic (exact) mass is 366 g/mol. The van der Waals surface area contributed by atoms with Crippen LogP contribution < -0.4 is 9.47 Å². The highest BCUT2D eigenvalue weighted by Crippen LogP contribution is 2.31. The number of benzene rings is 2. The van der Waals surface area contributed by atoms with E-state index >= 15 is 0 Å². The van der Waals surface area contributed by atoms with Gasteiger partial charge in [-0.15, -0.1) is 0 Å². The smallest absolute Gasteiger partial charge is 0.222 e. The van der Waals surface area contributed by atoms with Gasteiger partial charge in [0.15, 0.2) is 11.5 Å². The number of carbonyl (C=O) groups is 1. The largest absolute Gasteiger partial charge is 0.486 e. The Morgan fingerprint density at radius 2 is 1.63 bits per heavy atom. The van der Waals surface area contributed by atoms with Crippen LogP contribution in [-0.2, 0) is 11.3 Å². The van der Waals surface area contributed by atoms with Gasteiger partial charge in [-0.1, -0.05) is 42.5 Å². The Morgan fingerprint density at radius 1 is 0.926 bits per heavy atom. The van der Waals surface area contributed by atoms with E-state index in [-0.39, 0.29) is 12.0 Å². The highest BCUT2D eigenvalue weighted by molar-refractivity contribution is 5.76. The number of rotatable bonds is 5. The molecule has 2 heterocycles. The number of hydrogen-bond acceptors (Lipinski definition) is 4. The maximum absolute atomic E-state index is 12.6. The van der Waals surface area contributed by atoms with Gasteiger partial charge in [0.2, 0.25) is 5.91 Å². The minimum absolute atomic E-state index is 0.0526. The van der Waals surface area contributed by atoms with E-state index in [1.165, 1.54) is 5.56 Å². The third-order valence-electron chi connectivity index (χ3n) is 5.22. The minimum Gasteiger partial charge on any atom is -0.486 e. The number of piperazine rings is 1.